The third kappa shape index (κ3) is 3.94. The molecule has 0 saturated carbocycles. The molecule has 2 aliphatic carbocycles. The zero-order valence-corrected chi connectivity index (χ0v) is 32.3. The Kier molecular flexibility index (Phi) is 6.15. The fourth-order valence-corrected chi connectivity index (χ4v) is 11.7. The smallest absolute Gasteiger partial charge is 0.134 e. The molecule has 7 aromatic carbocycles. The molecule has 1 spiro atoms. The monoisotopic (exact) mass is 755 g/mol. The lowest BCUT2D eigenvalue weighted by Crippen LogP contribution is -2.37. The summed E-state index contributed by atoms with van der Waals surface area (Å²) in [5.74, 6) is 2.25. The number of hydrogen-bond donors (Lipinski definition) is 0. The number of benzene rings is 7. The number of hydrogen-bond acceptors (Lipinski definition) is 2. The Balaban J connectivity index is 1.02. The van der Waals surface area contributed by atoms with Gasteiger partial charge in [0.15, 0.2) is 0 Å². The third-order valence-electron chi connectivity index (χ3n) is 13.9. The highest BCUT2D eigenvalue weighted by atomic mass is 16.5. The van der Waals surface area contributed by atoms with Gasteiger partial charge in [0, 0.05) is 67.4 Å². The van der Waals surface area contributed by atoms with E-state index in [4.69, 9.17) is 4.74 Å². The molecule has 0 N–H and O–H groups in total. The summed E-state index contributed by atoms with van der Waals surface area (Å²) >= 11 is 0. The molecule has 2 aromatic heterocycles. The predicted octanol–water partition coefficient (Wildman–Crippen LogP) is 13.6. The van der Waals surface area contributed by atoms with Gasteiger partial charge in [0.05, 0.1) is 33.2 Å². The van der Waals surface area contributed by atoms with Crippen molar-refractivity contribution in [3.8, 4) is 22.9 Å². The van der Waals surface area contributed by atoms with Crippen LogP contribution in [0.5, 0.6) is 11.5 Å². The zero-order chi connectivity index (χ0) is 38.4. The van der Waals surface area contributed by atoms with Gasteiger partial charge in [0.1, 0.15) is 11.5 Å². The van der Waals surface area contributed by atoms with Crippen LogP contribution < -0.4 is 9.64 Å². The molecular weight excluding hydrogens is 719 g/mol. The summed E-state index contributed by atoms with van der Waals surface area (Å²) in [6.07, 6.45) is 14.9. The summed E-state index contributed by atoms with van der Waals surface area (Å²) in [5.41, 5.74) is 16.9. The average Bonchev–Trinajstić information content (AvgIpc) is 3.93. The Morgan fingerprint density at radius 2 is 1.25 bits per heavy atom. The van der Waals surface area contributed by atoms with E-state index in [0.717, 1.165) is 42.0 Å². The van der Waals surface area contributed by atoms with Gasteiger partial charge in [-0.05, 0) is 103 Å². The Morgan fingerprint density at radius 3 is 2.14 bits per heavy atom. The fourth-order valence-electron chi connectivity index (χ4n) is 11.7. The fraction of sp³-hybridized carbons (Fsp3) is 0.0909. The first-order chi connectivity index (χ1) is 29.3. The summed E-state index contributed by atoms with van der Waals surface area (Å²) in [4.78, 5) is 2.50. The van der Waals surface area contributed by atoms with Gasteiger partial charge < -0.3 is 18.8 Å². The number of rotatable bonds is 2. The minimum absolute atomic E-state index is 0.475. The van der Waals surface area contributed by atoms with Crippen molar-refractivity contribution in [1.82, 2.24) is 9.13 Å². The topological polar surface area (TPSA) is 22.3 Å². The van der Waals surface area contributed by atoms with Crippen molar-refractivity contribution in [2.24, 2.45) is 5.92 Å². The molecule has 0 amide bonds. The third-order valence-corrected chi connectivity index (χ3v) is 13.9. The van der Waals surface area contributed by atoms with Crippen LogP contribution >= 0.6 is 0 Å². The van der Waals surface area contributed by atoms with E-state index in [1.807, 2.05) is 0 Å². The van der Waals surface area contributed by atoms with Crippen molar-refractivity contribution in [2.45, 2.75) is 24.7 Å². The van der Waals surface area contributed by atoms with Gasteiger partial charge in [-0.3, -0.25) is 0 Å². The van der Waals surface area contributed by atoms with Crippen molar-refractivity contribution in [3.63, 3.8) is 0 Å². The van der Waals surface area contributed by atoms with Gasteiger partial charge in [0.25, 0.3) is 0 Å². The van der Waals surface area contributed by atoms with Gasteiger partial charge in [0.2, 0.25) is 0 Å². The maximum absolute atomic E-state index is 7.09. The Hall–Kier alpha value is -7.30. The molecule has 59 heavy (non-hydrogen) atoms. The molecule has 5 heterocycles. The van der Waals surface area contributed by atoms with Crippen LogP contribution in [0.3, 0.4) is 0 Å². The number of aromatic nitrogens is 2. The molecule has 278 valence electrons. The molecule has 4 heteroatoms. The number of anilines is 1. The molecule has 4 nitrogen and oxygen atoms in total. The van der Waals surface area contributed by atoms with Gasteiger partial charge in [-0.2, -0.15) is 0 Å². The molecule has 2 unspecified atom stereocenters. The summed E-state index contributed by atoms with van der Waals surface area (Å²) in [7, 11) is 0. The van der Waals surface area contributed by atoms with Crippen molar-refractivity contribution >= 4 is 49.3 Å². The normalized spacial score (nSPS) is 19.6. The van der Waals surface area contributed by atoms with Gasteiger partial charge in [-0.25, -0.2) is 0 Å². The van der Waals surface area contributed by atoms with Gasteiger partial charge in [-0.15, -0.1) is 0 Å². The summed E-state index contributed by atoms with van der Waals surface area (Å²) in [6.45, 7) is 0. The average molecular weight is 756 g/mol. The Labute approximate surface area is 341 Å². The summed E-state index contributed by atoms with van der Waals surface area (Å²) in [6, 6.07) is 56.3. The number of para-hydroxylation sites is 5. The van der Waals surface area contributed by atoms with E-state index in [-0.39, 0.29) is 0 Å². The lowest BCUT2D eigenvalue weighted by atomic mass is 9.61. The maximum atomic E-state index is 7.09. The first-order valence-electron chi connectivity index (χ1n) is 20.9. The lowest BCUT2D eigenvalue weighted by Gasteiger charge is -2.45. The minimum atomic E-state index is -0.624. The van der Waals surface area contributed by atoms with Crippen LogP contribution in [0.15, 0.2) is 199 Å². The molecular formula is C55H37N3O. The maximum Gasteiger partial charge on any atom is 0.134 e. The van der Waals surface area contributed by atoms with E-state index in [2.05, 4.69) is 196 Å². The predicted molar refractivity (Wildman–Crippen MR) is 240 cm³/mol. The highest BCUT2D eigenvalue weighted by molar-refractivity contribution is 6.13. The highest BCUT2D eigenvalue weighted by Gasteiger charge is 2.50. The SMILES string of the molecule is C1=CCC2C(=C1)N(c1ccc(-n3c4ccccc4c4cc5c(cc43)Oc3ccccc3C53c4ccccc4-n4c5ccccc5c5cccc3c54)cc1)C1=C2CCC=C1. The Morgan fingerprint density at radius 1 is 0.542 bits per heavy atom. The second-order valence-electron chi connectivity index (χ2n) is 16.6. The van der Waals surface area contributed by atoms with Crippen LogP contribution in [-0.2, 0) is 5.41 Å². The second kappa shape index (κ2) is 11.4. The van der Waals surface area contributed by atoms with E-state index in [9.17, 15) is 0 Å². The van der Waals surface area contributed by atoms with E-state index < -0.39 is 5.41 Å². The lowest BCUT2D eigenvalue weighted by molar-refractivity contribution is 0.434. The first-order valence-corrected chi connectivity index (χ1v) is 20.9. The van der Waals surface area contributed by atoms with Crippen molar-refractivity contribution in [3.05, 3.63) is 221 Å². The first kappa shape index (κ1) is 31.7. The molecule has 0 radical (unpaired) electrons. The Bertz CT molecular complexity index is 3460. The van der Waals surface area contributed by atoms with Crippen molar-refractivity contribution < 1.29 is 4.74 Å². The van der Waals surface area contributed by atoms with E-state index >= 15 is 0 Å². The summed E-state index contributed by atoms with van der Waals surface area (Å²) < 4.78 is 12.0. The highest BCUT2D eigenvalue weighted by Crippen LogP contribution is 2.61. The largest absolute Gasteiger partial charge is 0.457 e. The second-order valence-corrected chi connectivity index (χ2v) is 16.6. The van der Waals surface area contributed by atoms with Crippen LogP contribution in [0.25, 0.3) is 55.0 Å². The molecule has 0 bridgehead atoms. The van der Waals surface area contributed by atoms with Crippen LogP contribution in [-0.4, -0.2) is 9.13 Å². The number of nitrogens with zero attached hydrogens (tertiary/aromatic N) is 3. The van der Waals surface area contributed by atoms with Gasteiger partial charge >= 0.3 is 0 Å². The minimum Gasteiger partial charge on any atom is -0.457 e. The zero-order valence-electron chi connectivity index (χ0n) is 32.3. The molecule has 2 atom stereocenters. The van der Waals surface area contributed by atoms with Crippen molar-refractivity contribution in [1.29, 1.82) is 0 Å². The molecule has 0 saturated heterocycles. The van der Waals surface area contributed by atoms with Crippen molar-refractivity contribution in [2.75, 3.05) is 4.90 Å². The standard InChI is InChI=1S/C55H37N3O/c1-7-22-46-36(14-1)37-15-2-8-23-47(37)56(46)34-28-30-35(31-29-34)57-48-24-9-4-17-39(48)41-32-45-53(33-51(41)57)59-52-27-12-6-20-43(52)55(45)42-19-5-11-26-50(42)58-49-25-10-3-16-38(49)40-18-13-21-44(55)54(40)58/h1,3-13,16-33,36H,2,14-15H2. The summed E-state index contributed by atoms with van der Waals surface area (Å²) in [5, 5.41) is 4.98. The number of allylic oxidation sites excluding steroid dienone is 6. The van der Waals surface area contributed by atoms with Gasteiger partial charge in [-0.1, -0.05) is 109 Å². The molecule has 0 fully saturated rings. The molecule has 5 aliphatic rings. The van der Waals surface area contributed by atoms with Crippen LogP contribution in [0, 0.1) is 5.92 Å². The van der Waals surface area contributed by atoms with E-state index in [1.54, 1.807) is 5.57 Å². The molecule has 9 aromatic rings. The number of fused-ring (bicyclic) bond motifs is 16. The van der Waals surface area contributed by atoms with Crippen LogP contribution in [0.2, 0.25) is 0 Å². The van der Waals surface area contributed by atoms with Crippen LogP contribution in [0.4, 0.5) is 5.69 Å². The van der Waals surface area contributed by atoms with E-state index in [0.29, 0.717) is 5.92 Å². The molecule has 3 aliphatic heterocycles. The number of ether oxygens (including phenoxy) is 1. The molecule has 14 rings (SSSR count). The quantitative estimate of drug-likeness (QED) is 0.175. The van der Waals surface area contributed by atoms with E-state index in [1.165, 1.54) is 83.1 Å². The van der Waals surface area contributed by atoms with Crippen LogP contribution in [0.1, 0.15) is 41.5 Å².